The predicted octanol–water partition coefficient (Wildman–Crippen LogP) is 1.55. The summed E-state index contributed by atoms with van der Waals surface area (Å²) in [6.45, 7) is 1.08. The van der Waals surface area contributed by atoms with Gasteiger partial charge in [0, 0.05) is 18.6 Å². The topological polar surface area (TPSA) is 108 Å². The number of primary amides is 1. The number of urea groups is 1. The van der Waals surface area contributed by atoms with E-state index in [-0.39, 0.29) is 36.1 Å². The molecule has 1 aromatic carbocycles. The Morgan fingerprint density at radius 1 is 1.12 bits per heavy atom. The smallest absolute Gasteiger partial charge is 0.321 e. The first kappa shape index (κ1) is 22.6. The summed E-state index contributed by atoms with van der Waals surface area (Å²) < 4.78 is 0. The van der Waals surface area contributed by atoms with E-state index in [4.69, 9.17) is 5.73 Å². The zero-order valence-electron chi connectivity index (χ0n) is 18.9. The number of nitrogens with two attached hydrogens (primary N) is 1. The summed E-state index contributed by atoms with van der Waals surface area (Å²) in [5.74, 6) is -0.377. The molecule has 1 saturated heterocycles. The zero-order valence-corrected chi connectivity index (χ0v) is 18.9. The molecule has 1 spiro atoms. The highest BCUT2D eigenvalue weighted by atomic mass is 16.2. The number of carbonyl (C=O) groups is 3. The van der Waals surface area contributed by atoms with Gasteiger partial charge in [0.05, 0.1) is 12.1 Å². The lowest BCUT2D eigenvalue weighted by Crippen LogP contribution is -2.56. The predicted molar refractivity (Wildman–Crippen MR) is 122 cm³/mol. The standard InChI is InChI=1S/C24H35N5O3/c1-26-24(19-8-3-2-4-9-19)12-10-23(11-13-24)17-28(16-21(31)27-14-20(25)30)22(32)29(23)15-18-6-5-7-18/h2-4,8-9,18,26H,5-7,10-17H2,1H3,(H2,25,30)(H,27,31)/t23-,24-. The summed E-state index contributed by atoms with van der Waals surface area (Å²) >= 11 is 0. The minimum atomic E-state index is -0.592. The molecule has 3 aliphatic rings. The van der Waals surface area contributed by atoms with Crippen LogP contribution in [0.25, 0.3) is 0 Å². The number of nitrogens with zero attached hydrogens (tertiary/aromatic N) is 2. The molecule has 0 unspecified atom stereocenters. The van der Waals surface area contributed by atoms with E-state index in [0.29, 0.717) is 12.5 Å². The van der Waals surface area contributed by atoms with Crippen LogP contribution in [0.1, 0.15) is 50.5 Å². The highest BCUT2D eigenvalue weighted by Gasteiger charge is 2.54. The molecule has 4 rings (SSSR count). The first-order valence-corrected chi connectivity index (χ1v) is 11.7. The van der Waals surface area contributed by atoms with Gasteiger partial charge in [-0.3, -0.25) is 9.59 Å². The van der Waals surface area contributed by atoms with Crippen molar-refractivity contribution in [1.82, 2.24) is 20.4 Å². The lowest BCUT2D eigenvalue weighted by atomic mass is 9.68. The highest BCUT2D eigenvalue weighted by Crippen LogP contribution is 2.47. The van der Waals surface area contributed by atoms with Gasteiger partial charge in [-0.1, -0.05) is 36.8 Å². The zero-order chi connectivity index (χ0) is 22.8. The van der Waals surface area contributed by atoms with E-state index in [9.17, 15) is 14.4 Å². The van der Waals surface area contributed by atoms with Crippen LogP contribution >= 0.6 is 0 Å². The summed E-state index contributed by atoms with van der Waals surface area (Å²) in [4.78, 5) is 40.4. The van der Waals surface area contributed by atoms with Gasteiger partial charge in [-0.05, 0) is 57.1 Å². The van der Waals surface area contributed by atoms with E-state index in [1.807, 2.05) is 13.1 Å². The van der Waals surface area contributed by atoms with E-state index >= 15 is 0 Å². The third-order valence-corrected chi connectivity index (χ3v) is 7.86. The van der Waals surface area contributed by atoms with Crippen molar-refractivity contribution in [3.8, 4) is 0 Å². The van der Waals surface area contributed by atoms with Crippen molar-refractivity contribution in [2.45, 2.75) is 56.0 Å². The molecule has 2 saturated carbocycles. The van der Waals surface area contributed by atoms with Gasteiger partial charge < -0.3 is 26.2 Å². The van der Waals surface area contributed by atoms with Gasteiger partial charge in [0.1, 0.15) is 6.54 Å². The van der Waals surface area contributed by atoms with Gasteiger partial charge in [0.2, 0.25) is 11.8 Å². The number of rotatable bonds is 8. The summed E-state index contributed by atoms with van der Waals surface area (Å²) in [6.07, 6.45) is 7.22. The Bertz CT molecular complexity index is 846. The molecule has 174 valence electrons. The van der Waals surface area contributed by atoms with Gasteiger partial charge in [0.15, 0.2) is 0 Å². The molecule has 8 heteroatoms. The number of hydrogen-bond donors (Lipinski definition) is 3. The molecule has 3 fully saturated rings. The number of nitrogens with one attached hydrogen (secondary N) is 2. The molecule has 4 amide bonds. The van der Waals surface area contributed by atoms with Crippen LogP contribution in [0.5, 0.6) is 0 Å². The van der Waals surface area contributed by atoms with E-state index in [0.717, 1.165) is 32.2 Å². The van der Waals surface area contributed by atoms with Gasteiger partial charge in [-0.25, -0.2) is 4.79 Å². The molecular weight excluding hydrogens is 406 g/mol. The molecule has 0 bridgehead atoms. The highest BCUT2D eigenvalue weighted by molar-refractivity contribution is 5.88. The second-order valence-corrected chi connectivity index (χ2v) is 9.71. The van der Waals surface area contributed by atoms with E-state index in [2.05, 4.69) is 39.8 Å². The van der Waals surface area contributed by atoms with Crippen LogP contribution in [0, 0.1) is 5.92 Å². The molecule has 1 aromatic rings. The first-order valence-electron chi connectivity index (χ1n) is 11.7. The molecule has 4 N–H and O–H groups in total. The second-order valence-electron chi connectivity index (χ2n) is 9.71. The van der Waals surface area contributed by atoms with Crippen molar-refractivity contribution in [1.29, 1.82) is 0 Å². The normalized spacial score (nSPS) is 28.1. The quantitative estimate of drug-likeness (QED) is 0.569. The monoisotopic (exact) mass is 441 g/mol. The first-order chi connectivity index (χ1) is 15.4. The molecule has 2 aliphatic carbocycles. The van der Waals surface area contributed by atoms with Crippen LogP contribution in [0.15, 0.2) is 30.3 Å². The van der Waals surface area contributed by atoms with Crippen molar-refractivity contribution >= 4 is 17.8 Å². The second kappa shape index (κ2) is 9.10. The maximum absolute atomic E-state index is 13.4. The molecule has 1 aliphatic heterocycles. The molecule has 0 aromatic heterocycles. The number of amides is 4. The maximum Gasteiger partial charge on any atom is 0.321 e. The average molecular weight is 442 g/mol. The Morgan fingerprint density at radius 3 is 2.38 bits per heavy atom. The fourth-order valence-corrected chi connectivity index (χ4v) is 5.64. The Labute approximate surface area is 189 Å². The largest absolute Gasteiger partial charge is 0.368 e. The summed E-state index contributed by atoms with van der Waals surface area (Å²) in [6, 6.07) is 10.5. The number of hydrogen-bond acceptors (Lipinski definition) is 4. The Kier molecular flexibility index (Phi) is 6.42. The summed E-state index contributed by atoms with van der Waals surface area (Å²) in [5.41, 5.74) is 6.07. The maximum atomic E-state index is 13.4. The Morgan fingerprint density at radius 2 is 1.81 bits per heavy atom. The van der Waals surface area contributed by atoms with Crippen LogP contribution in [-0.4, -0.2) is 66.4 Å². The Hall–Kier alpha value is -2.61. The van der Waals surface area contributed by atoms with E-state index in [1.54, 1.807) is 4.90 Å². The third-order valence-electron chi connectivity index (χ3n) is 7.86. The van der Waals surface area contributed by atoms with Crippen molar-refractivity contribution in [2.24, 2.45) is 11.7 Å². The number of benzene rings is 1. The third kappa shape index (κ3) is 4.33. The van der Waals surface area contributed by atoms with E-state index < -0.39 is 5.91 Å². The van der Waals surface area contributed by atoms with Crippen LogP contribution in [-0.2, 0) is 15.1 Å². The summed E-state index contributed by atoms with van der Waals surface area (Å²) in [7, 11) is 2.02. The van der Waals surface area contributed by atoms with Crippen molar-refractivity contribution in [3.63, 3.8) is 0 Å². The summed E-state index contributed by atoms with van der Waals surface area (Å²) in [5, 5.41) is 6.08. The van der Waals surface area contributed by atoms with Crippen LogP contribution in [0.3, 0.4) is 0 Å². The lowest BCUT2D eigenvalue weighted by Gasteiger charge is -2.49. The fourth-order valence-electron chi connectivity index (χ4n) is 5.64. The minimum absolute atomic E-state index is 0.0368. The molecule has 32 heavy (non-hydrogen) atoms. The van der Waals surface area contributed by atoms with Crippen LogP contribution in [0.4, 0.5) is 4.79 Å². The minimum Gasteiger partial charge on any atom is -0.368 e. The van der Waals surface area contributed by atoms with Crippen LogP contribution in [0.2, 0.25) is 0 Å². The number of carbonyl (C=O) groups excluding carboxylic acids is 3. The fraction of sp³-hybridized carbons (Fsp3) is 0.625. The molecule has 1 heterocycles. The van der Waals surface area contributed by atoms with E-state index in [1.165, 1.54) is 24.8 Å². The SMILES string of the molecule is CN[C@]1(c2ccccc2)CC[C@@]2(CC1)CN(CC(=O)NCC(N)=O)C(=O)N2CC1CCC1. The lowest BCUT2D eigenvalue weighted by molar-refractivity contribution is -0.125. The van der Waals surface area contributed by atoms with Crippen molar-refractivity contribution in [3.05, 3.63) is 35.9 Å². The van der Waals surface area contributed by atoms with Gasteiger partial charge in [-0.2, -0.15) is 0 Å². The molecule has 0 atom stereocenters. The molecule has 0 radical (unpaired) electrons. The van der Waals surface area contributed by atoms with Gasteiger partial charge in [0.25, 0.3) is 0 Å². The van der Waals surface area contributed by atoms with Gasteiger partial charge in [-0.15, -0.1) is 0 Å². The van der Waals surface area contributed by atoms with Crippen LogP contribution < -0.4 is 16.4 Å². The Balaban J connectivity index is 1.50. The van der Waals surface area contributed by atoms with Crippen molar-refractivity contribution < 1.29 is 14.4 Å². The average Bonchev–Trinajstić information content (AvgIpc) is 3.01. The van der Waals surface area contributed by atoms with Gasteiger partial charge >= 0.3 is 6.03 Å². The molecule has 8 nitrogen and oxygen atoms in total. The molecular formula is C24H35N5O3. The van der Waals surface area contributed by atoms with Crippen molar-refractivity contribution in [2.75, 3.05) is 33.2 Å².